The number of hydrogen-bond acceptors (Lipinski definition) is 4. The molecule has 2 rings (SSSR count). The maximum absolute atomic E-state index is 11.3. The van der Waals surface area contributed by atoms with Crippen molar-refractivity contribution in [3.05, 3.63) is 30.3 Å². The molecule has 92 valence electrons. The summed E-state index contributed by atoms with van der Waals surface area (Å²) in [6, 6.07) is 7.94. The second-order valence-electron chi connectivity index (χ2n) is 3.61. The zero-order valence-corrected chi connectivity index (χ0v) is 9.60. The highest BCUT2D eigenvalue weighted by molar-refractivity contribution is 6.39. The van der Waals surface area contributed by atoms with Gasteiger partial charge in [-0.05, 0) is 30.3 Å². The van der Waals surface area contributed by atoms with Crippen LogP contribution in [0.2, 0.25) is 0 Å². The van der Waals surface area contributed by atoms with Gasteiger partial charge in [-0.2, -0.15) is 0 Å². The number of anilines is 1. The van der Waals surface area contributed by atoms with Gasteiger partial charge in [-0.3, -0.25) is 9.59 Å². The smallest absolute Gasteiger partial charge is 0.314 e. The van der Waals surface area contributed by atoms with Crippen LogP contribution in [0.3, 0.4) is 0 Å². The molecule has 3 N–H and O–H groups in total. The van der Waals surface area contributed by atoms with E-state index in [0.717, 1.165) is 5.39 Å². The number of phenolic OH excluding ortho intramolecular Hbond substituents is 1. The summed E-state index contributed by atoms with van der Waals surface area (Å²) < 4.78 is 0. The molecular weight excluding hydrogens is 234 g/mol. The van der Waals surface area contributed by atoms with E-state index in [0.29, 0.717) is 5.52 Å². The van der Waals surface area contributed by atoms with E-state index in [9.17, 15) is 14.7 Å². The van der Waals surface area contributed by atoms with E-state index < -0.39 is 11.8 Å². The topological polar surface area (TPSA) is 91.3 Å². The van der Waals surface area contributed by atoms with E-state index in [1.165, 1.54) is 13.1 Å². The minimum Gasteiger partial charge on any atom is -0.508 e. The second-order valence-corrected chi connectivity index (χ2v) is 3.61. The SMILES string of the molecule is CNC(=O)C(=O)Nc1ccc2cc(O)ccc2n1. The number of phenols is 1. The molecule has 1 aromatic heterocycles. The fraction of sp³-hybridized carbons (Fsp3) is 0.0833. The lowest BCUT2D eigenvalue weighted by molar-refractivity contribution is -0.135. The number of nitrogens with one attached hydrogen (secondary N) is 2. The maximum atomic E-state index is 11.3. The van der Waals surface area contributed by atoms with E-state index in [-0.39, 0.29) is 11.6 Å². The Bertz CT molecular complexity index is 625. The summed E-state index contributed by atoms with van der Waals surface area (Å²) in [5.74, 6) is -1.08. The van der Waals surface area contributed by atoms with Crippen molar-refractivity contribution in [3.63, 3.8) is 0 Å². The summed E-state index contributed by atoms with van der Waals surface area (Å²) in [4.78, 5) is 26.5. The van der Waals surface area contributed by atoms with Crippen molar-refractivity contribution in [2.45, 2.75) is 0 Å². The third kappa shape index (κ3) is 2.37. The average molecular weight is 245 g/mol. The Morgan fingerprint density at radius 1 is 1.17 bits per heavy atom. The first kappa shape index (κ1) is 11.8. The quantitative estimate of drug-likeness (QED) is 0.642. The number of hydrogen-bond donors (Lipinski definition) is 3. The zero-order chi connectivity index (χ0) is 13.1. The lowest BCUT2D eigenvalue weighted by atomic mass is 10.2. The van der Waals surface area contributed by atoms with Crippen molar-refractivity contribution in [1.29, 1.82) is 0 Å². The number of carbonyl (C=O) groups is 2. The third-order valence-corrected chi connectivity index (χ3v) is 2.35. The number of rotatable bonds is 1. The van der Waals surface area contributed by atoms with E-state index >= 15 is 0 Å². The predicted molar refractivity (Wildman–Crippen MR) is 66.1 cm³/mol. The van der Waals surface area contributed by atoms with Crippen molar-refractivity contribution >= 4 is 28.5 Å². The number of carbonyl (C=O) groups excluding carboxylic acids is 2. The van der Waals surface area contributed by atoms with Crippen LogP contribution >= 0.6 is 0 Å². The molecule has 0 spiro atoms. The van der Waals surface area contributed by atoms with Gasteiger partial charge < -0.3 is 15.7 Å². The maximum Gasteiger partial charge on any atom is 0.314 e. The molecule has 1 aromatic carbocycles. The normalized spacial score (nSPS) is 10.1. The number of nitrogens with zero attached hydrogens (tertiary/aromatic N) is 1. The molecule has 0 saturated carbocycles. The van der Waals surface area contributed by atoms with E-state index in [1.807, 2.05) is 0 Å². The summed E-state index contributed by atoms with van der Waals surface area (Å²) >= 11 is 0. The number of aromatic hydroxyl groups is 1. The summed E-state index contributed by atoms with van der Waals surface area (Å²) in [7, 11) is 1.37. The van der Waals surface area contributed by atoms with Crippen LogP contribution in [0.5, 0.6) is 5.75 Å². The van der Waals surface area contributed by atoms with Crippen LogP contribution < -0.4 is 10.6 Å². The molecule has 0 atom stereocenters. The molecular formula is C12H11N3O3. The van der Waals surface area contributed by atoms with Gasteiger partial charge in [0.2, 0.25) is 0 Å². The first-order chi connectivity index (χ1) is 8.60. The molecule has 6 heteroatoms. The molecule has 0 aliphatic heterocycles. The number of pyridine rings is 1. The molecule has 0 unspecified atom stereocenters. The largest absolute Gasteiger partial charge is 0.508 e. The minimum absolute atomic E-state index is 0.145. The summed E-state index contributed by atoms with van der Waals surface area (Å²) in [5, 5.41) is 14.6. The first-order valence-corrected chi connectivity index (χ1v) is 5.23. The van der Waals surface area contributed by atoms with Crippen LogP contribution in [-0.2, 0) is 9.59 Å². The first-order valence-electron chi connectivity index (χ1n) is 5.23. The summed E-state index contributed by atoms with van der Waals surface area (Å²) in [6.07, 6.45) is 0. The Balaban J connectivity index is 2.28. The van der Waals surface area contributed by atoms with E-state index in [1.54, 1.807) is 24.3 Å². The Kier molecular flexibility index (Phi) is 3.09. The van der Waals surface area contributed by atoms with Gasteiger partial charge in [-0.25, -0.2) is 4.98 Å². The molecule has 18 heavy (non-hydrogen) atoms. The Morgan fingerprint density at radius 3 is 2.67 bits per heavy atom. The van der Waals surface area contributed by atoms with Crippen molar-refractivity contribution in [1.82, 2.24) is 10.3 Å². The van der Waals surface area contributed by atoms with Crippen molar-refractivity contribution in [2.75, 3.05) is 12.4 Å². The van der Waals surface area contributed by atoms with Crippen molar-refractivity contribution in [2.24, 2.45) is 0 Å². The van der Waals surface area contributed by atoms with E-state index in [2.05, 4.69) is 15.6 Å². The highest BCUT2D eigenvalue weighted by Gasteiger charge is 2.12. The second kappa shape index (κ2) is 4.70. The molecule has 1 heterocycles. The van der Waals surface area contributed by atoms with Crippen LogP contribution in [0.1, 0.15) is 0 Å². The minimum atomic E-state index is -0.775. The highest BCUT2D eigenvalue weighted by Crippen LogP contribution is 2.19. The molecule has 6 nitrogen and oxygen atoms in total. The van der Waals surface area contributed by atoms with Crippen molar-refractivity contribution < 1.29 is 14.7 Å². The average Bonchev–Trinajstić information content (AvgIpc) is 2.38. The van der Waals surface area contributed by atoms with Gasteiger partial charge in [0.05, 0.1) is 5.52 Å². The van der Waals surface area contributed by atoms with E-state index in [4.69, 9.17) is 0 Å². The molecule has 0 aliphatic rings. The molecule has 2 amide bonds. The van der Waals surface area contributed by atoms with Gasteiger partial charge in [0.15, 0.2) is 0 Å². The highest BCUT2D eigenvalue weighted by atomic mass is 16.3. The Labute approximate surface area is 103 Å². The molecule has 0 fully saturated rings. The van der Waals surface area contributed by atoms with Gasteiger partial charge in [0, 0.05) is 12.4 Å². The van der Waals surface area contributed by atoms with Gasteiger partial charge in [0.1, 0.15) is 11.6 Å². The summed E-state index contributed by atoms with van der Waals surface area (Å²) in [5.41, 5.74) is 0.613. The van der Waals surface area contributed by atoms with Gasteiger partial charge in [-0.15, -0.1) is 0 Å². The number of likely N-dealkylation sites (N-methyl/N-ethyl adjacent to an activating group) is 1. The molecule has 0 bridgehead atoms. The number of benzene rings is 1. The Hall–Kier alpha value is -2.63. The Morgan fingerprint density at radius 2 is 1.94 bits per heavy atom. The van der Waals surface area contributed by atoms with Gasteiger partial charge in [0.25, 0.3) is 0 Å². The van der Waals surface area contributed by atoms with Crippen molar-refractivity contribution in [3.8, 4) is 5.75 Å². The number of amides is 2. The lowest BCUT2D eigenvalue weighted by Gasteiger charge is -2.04. The molecule has 0 aliphatic carbocycles. The van der Waals surface area contributed by atoms with Crippen LogP contribution in [0.25, 0.3) is 10.9 Å². The van der Waals surface area contributed by atoms with Gasteiger partial charge in [-0.1, -0.05) is 0 Å². The third-order valence-electron chi connectivity index (χ3n) is 2.35. The lowest BCUT2D eigenvalue weighted by Crippen LogP contribution is -2.32. The summed E-state index contributed by atoms with van der Waals surface area (Å²) in [6.45, 7) is 0. The zero-order valence-electron chi connectivity index (χ0n) is 9.60. The molecule has 2 aromatic rings. The predicted octanol–water partition coefficient (Wildman–Crippen LogP) is 0.625. The fourth-order valence-electron chi connectivity index (χ4n) is 1.47. The van der Waals surface area contributed by atoms with Crippen LogP contribution in [0, 0.1) is 0 Å². The number of aromatic nitrogens is 1. The molecule has 0 radical (unpaired) electrons. The standard InChI is InChI=1S/C12H11N3O3/c1-13-11(17)12(18)15-10-5-2-7-6-8(16)3-4-9(7)14-10/h2-6,16H,1H3,(H,13,17)(H,14,15,18). The monoisotopic (exact) mass is 245 g/mol. The van der Waals surface area contributed by atoms with Crippen LogP contribution in [0.15, 0.2) is 30.3 Å². The van der Waals surface area contributed by atoms with Crippen LogP contribution in [0.4, 0.5) is 5.82 Å². The molecule has 0 saturated heterocycles. The number of fused-ring (bicyclic) bond motifs is 1. The fourth-order valence-corrected chi connectivity index (χ4v) is 1.47. The van der Waals surface area contributed by atoms with Gasteiger partial charge >= 0.3 is 11.8 Å². The van der Waals surface area contributed by atoms with Crippen LogP contribution in [-0.4, -0.2) is 29.0 Å².